The van der Waals surface area contributed by atoms with E-state index in [0.717, 1.165) is 6.54 Å². The highest BCUT2D eigenvalue weighted by Crippen LogP contribution is 2.10. The van der Waals surface area contributed by atoms with Crippen LogP contribution in [0, 0.1) is 5.82 Å². The molecule has 0 saturated carbocycles. The van der Waals surface area contributed by atoms with E-state index in [-0.39, 0.29) is 24.8 Å². The average Bonchev–Trinajstić information content (AvgIpc) is 2.55. The molecule has 0 aliphatic rings. The van der Waals surface area contributed by atoms with Gasteiger partial charge in [0.1, 0.15) is 18.2 Å². The third-order valence-electron chi connectivity index (χ3n) is 3.20. The molecule has 0 saturated heterocycles. The maximum absolute atomic E-state index is 12.7. The average molecular weight is 354 g/mol. The van der Waals surface area contributed by atoms with Crippen LogP contribution >= 0.6 is 12.4 Å². The van der Waals surface area contributed by atoms with Crippen molar-refractivity contribution >= 4 is 18.4 Å². The van der Waals surface area contributed by atoms with E-state index < -0.39 is 5.97 Å². The molecule has 2 aromatic carbocycles. The van der Waals surface area contributed by atoms with E-state index in [9.17, 15) is 9.18 Å². The SMILES string of the molecule is CN(CCOC(=O)COc1ccc(F)cc1)Cc1ccccc1.Cl. The molecule has 0 radical (unpaired) electrons. The predicted octanol–water partition coefficient (Wildman–Crippen LogP) is 3.30. The van der Waals surface area contributed by atoms with Gasteiger partial charge in [-0.15, -0.1) is 12.4 Å². The molecule has 0 amide bonds. The van der Waals surface area contributed by atoms with Crippen molar-refractivity contribution in [2.24, 2.45) is 0 Å². The van der Waals surface area contributed by atoms with E-state index in [1.807, 2.05) is 25.2 Å². The number of benzene rings is 2. The Balaban J connectivity index is 0.00000288. The summed E-state index contributed by atoms with van der Waals surface area (Å²) in [5.74, 6) is -0.353. The maximum Gasteiger partial charge on any atom is 0.344 e. The van der Waals surface area contributed by atoms with Gasteiger partial charge in [-0.2, -0.15) is 0 Å². The Morgan fingerprint density at radius 1 is 1.08 bits per heavy atom. The zero-order valence-corrected chi connectivity index (χ0v) is 14.3. The van der Waals surface area contributed by atoms with Crippen LogP contribution < -0.4 is 4.74 Å². The van der Waals surface area contributed by atoms with Gasteiger partial charge in [0.05, 0.1) is 0 Å². The second kappa shape index (κ2) is 10.6. The highest BCUT2D eigenvalue weighted by molar-refractivity contribution is 5.85. The number of likely N-dealkylation sites (N-methyl/N-ethyl adjacent to an activating group) is 1. The summed E-state index contributed by atoms with van der Waals surface area (Å²) < 4.78 is 23.1. The van der Waals surface area contributed by atoms with Gasteiger partial charge in [0.2, 0.25) is 0 Å². The standard InChI is InChI=1S/C18H20FNO3.ClH/c1-20(13-15-5-3-2-4-6-15)11-12-22-18(21)14-23-17-9-7-16(19)8-10-17;/h2-10H,11-14H2,1H3;1H. The number of carbonyl (C=O) groups is 1. The zero-order valence-electron chi connectivity index (χ0n) is 13.5. The highest BCUT2D eigenvalue weighted by atomic mass is 35.5. The highest BCUT2D eigenvalue weighted by Gasteiger charge is 2.06. The predicted molar refractivity (Wildman–Crippen MR) is 92.9 cm³/mol. The Hall–Kier alpha value is -2.11. The topological polar surface area (TPSA) is 38.8 Å². The van der Waals surface area contributed by atoms with Crippen molar-refractivity contribution in [1.29, 1.82) is 0 Å². The molecule has 0 aliphatic heterocycles. The summed E-state index contributed by atoms with van der Waals surface area (Å²) in [4.78, 5) is 13.7. The summed E-state index contributed by atoms with van der Waals surface area (Å²) >= 11 is 0. The number of halogens is 2. The first-order valence-corrected chi connectivity index (χ1v) is 7.40. The smallest absolute Gasteiger partial charge is 0.344 e. The minimum Gasteiger partial charge on any atom is -0.482 e. The maximum atomic E-state index is 12.7. The molecular formula is C18H21ClFNO3. The van der Waals surface area contributed by atoms with E-state index >= 15 is 0 Å². The Bertz CT molecular complexity index is 607. The molecule has 24 heavy (non-hydrogen) atoms. The molecule has 2 aromatic rings. The largest absolute Gasteiger partial charge is 0.482 e. The van der Waals surface area contributed by atoms with Crippen LogP contribution in [0.25, 0.3) is 0 Å². The molecule has 0 atom stereocenters. The number of hydrogen-bond acceptors (Lipinski definition) is 4. The molecule has 0 N–H and O–H groups in total. The van der Waals surface area contributed by atoms with Gasteiger partial charge in [0, 0.05) is 13.1 Å². The monoisotopic (exact) mass is 353 g/mol. The summed E-state index contributed by atoms with van der Waals surface area (Å²) in [6.45, 7) is 1.55. The van der Waals surface area contributed by atoms with Crippen molar-refractivity contribution in [3.05, 3.63) is 66.0 Å². The van der Waals surface area contributed by atoms with Crippen LogP contribution in [0.1, 0.15) is 5.56 Å². The van der Waals surface area contributed by atoms with Crippen molar-refractivity contribution in [3.8, 4) is 5.75 Å². The minimum atomic E-state index is -0.442. The van der Waals surface area contributed by atoms with Crippen LogP contribution in [-0.4, -0.2) is 37.7 Å². The fourth-order valence-electron chi connectivity index (χ4n) is 2.00. The lowest BCUT2D eigenvalue weighted by molar-refractivity contribution is -0.146. The third kappa shape index (κ3) is 7.44. The van der Waals surface area contributed by atoms with E-state index in [4.69, 9.17) is 9.47 Å². The number of ether oxygens (including phenoxy) is 2. The van der Waals surface area contributed by atoms with Crippen molar-refractivity contribution in [2.45, 2.75) is 6.54 Å². The molecule has 0 unspecified atom stereocenters. The van der Waals surface area contributed by atoms with Crippen LogP contribution in [0.5, 0.6) is 5.75 Å². The number of nitrogens with zero attached hydrogens (tertiary/aromatic N) is 1. The van der Waals surface area contributed by atoms with Crippen LogP contribution in [0.4, 0.5) is 4.39 Å². The molecule has 0 bridgehead atoms. The molecular weight excluding hydrogens is 333 g/mol. The minimum absolute atomic E-state index is 0. The lowest BCUT2D eigenvalue weighted by atomic mass is 10.2. The molecule has 0 aromatic heterocycles. The third-order valence-corrected chi connectivity index (χ3v) is 3.20. The molecule has 6 heteroatoms. The second-order valence-corrected chi connectivity index (χ2v) is 5.19. The molecule has 0 fully saturated rings. The van der Waals surface area contributed by atoms with Gasteiger partial charge in [-0.05, 0) is 36.9 Å². The van der Waals surface area contributed by atoms with E-state index in [0.29, 0.717) is 18.9 Å². The summed E-state index contributed by atoms with van der Waals surface area (Å²) in [7, 11) is 1.97. The van der Waals surface area contributed by atoms with Gasteiger partial charge in [0.25, 0.3) is 0 Å². The molecule has 4 nitrogen and oxygen atoms in total. The molecule has 0 aliphatic carbocycles. The van der Waals surface area contributed by atoms with Gasteiger partial charge in [-0.1, -0.05) is 30.3 Å². The van der Waals surface area contributed by atoms with Crippen LogP contribution in [0.3, 0.4) is 0 Å². The summed E-state index contributed by atoms with van der Waals surface area (Å²) in [5.41, 5.74) is 1.21. The summed E-state index contributed by atoms with van der Waals surface area (Å²) in [6.07, 6.45) is 0. The first-order chi connectivity index (χ1) is 11.1. The summed E-state index contributed by atoms with van der Waals surface area (Å²) in [6, 6.07) is 15.6. The van der Waals surface area contributed by atoms with Crippen molar-refractivity contribution in [1.82, 2.24) is 4.90 Å². The zero-order chi connectivity index (χ0) is 16.5. The molecule has 130 valence electrons. The van der Waals surface area contributed by atoms with E-state index in [2.05, 4.69) is 17.0 Å². The van der Waals surface area contributed by atoms with Gasteiger partial charge in [-0.25, -0.2) is 9.18 Å². The Morgan fingerprint density at radius 3 is 2.42 bits per heavy atom. The van der Waals surface area contributed by atoms with E-state index in [1.54, 1.807) is 0 Å². The van der Waals surface area contributed by atoms with Crippen LogP contribution in [0.15, 0.2) is 54.6 Å². The number of esters is 1. The fourth-order valence-corrected chi connectivity index (χ4v) is 2.00. The first-order valence-electron chi connectivity index (χ1n) is 7.40. The Kier molecular flexibility index (Phi) is 8.83. The summed E-state index contributed by atoms with van der Waals surface area (Å²) in [5, 5.41) is 0. The van der Waals surface area contributed by atoms with Gasteiger partial charge in [-0.3, -0.25) is 4.90 Å². The van der Waals surface area contributed by atoms with Crippen molar-refractivity contribution < 1.29 is 18.7 Å². The number of carbonyl (C=O) groups excluding carboxylic acids is 1. The van der Waals surface area contributed by atoms with Crippen LogP contribution in [0.2, 0.25) is 0 Å². The molecule has 0 heterocycles. The van der Waals surface area contributed by atoms with Crippen molar-refractivity contribution in [2.75, 3.05) is 26.8 Å². The molecule has 0 spiro atoms. The Morgan fingerprint density at radius 2 is 1.75 bits per heavy atom. The Labute approximate surface area is 147 Å². The van der Waals surface area contributed by atoms with Gasteiger partial charge < -0.3 is 9.47 Å². The van der Waals surface area contributed by atoms with Gasteiger partial charge in [0.15, 0.2) is 6.61 Å². The molecule has 2 rings (SSSR count). The fraction of sp³-hybridized carbons (Fsp3) is 0.278. The number of hydrogen-bond donors (Lipinski definition) is 0. The van der Waals surface area contributed by atoms with E-state index in [1.165, 1.54) is 29.8 Å². The van der Waals surface area contributed by atoms with Crippen LogP contribution in [-0.2, 0) is 16.1 Å². The lowest BCUT2D eigenvalue weighted by Crippen LogP contribution is -2.25. The quantitative estimate of drug-likeness (QED) is 0.683. The number of rotatable bonds is 8. The van der Waals surface area contributed by atoms with Gasteiger partial charge >= 0.3 is 5.97 Å². The van der Waals surface area contributed by atoms with Crippen molar-refractivity contribution in [3.63, 3.8) is 0 Å². The normalized spacial score (nSPS) is 10.1. The lowest BCUT2D eigenvalue weighted by Gasteiger charge is -2.16. The first kappa shape index (κ1) is 19.9. The second-order valence-electron chi connectivity index (χ2n) is 5.19.